The Balaban J connectivity index is 1.97. The minimum Gasteiger partial charge on any atom is -0.356 e. The summed E-state index contributed by atoms with van der Waals surface area (Å²) in [7, 11) is 0. The van der Waals surface area contributed by atoms with Crippen molar-refractivity contribution in [2.75, 3.05) is 0 Å². The van der Waals surface area contributed by atoms with E-state index in [4.69, 9.17) is 4.84 Å². The molecule has 0 radical (unpaired) electrons. The molecule has 0 aliphatic rings. The highest BCUT2D eigenvalue weighted by Gasteiger charge is 2.07. The van der Waals surface area contributed by atoms with Crippen LogP contribution < -0.4 is 4.84 Å². The Hall–Kier alpha value is -2.87. The smallest absolute Gasteiger partial charge is 0.157 e. The van der Waals surface area contributed by atoms with E-state index in [-0.39, 0.29) is 0 Å². The molecule has 0 amide bonds. The van der Waals surface area contributed by atoms with Crippen LogP contribution in [0.1, 0.15) is 11.1 Å². The summed E-state index contributed by atoms with van der Waals surface area (Å²) in [4.78, 5) is 5.56. The Bertz CT molecular complexity index is 665. The van der Waals surface area contributed by atoms with Gasteiger partial charge in [-0.3, -0.25) is 0 Å². The highest BCUT2D eigenvalue weighted by atomic mass is 16.6. The quantitative estimate of drug-likeness (QED) is 0.506. The molecule has 21 heavy (non-hydrogen) atoms. The fraction of sp³-hybridized carbons (Fsp3) is 0. The monoisotopic (exact) mass is 273 g/mol. The number of para-hydroxylation sites is 1. The Labute approximate surface area is 124 Å². The maximum atomic E-state index is 5.56. The number of oxime groups is 1. The van der Waals surface area contributed by atoms with Crippen molar-refractivity contribution >= 4 is 5.71 Å². The summed E-state index contributed by atoms with van der Waals surface area (Å²) in [6, 6.07) is 29.7. The van der Waals surface area contributed by atoms with Gasteiger partial charge in [-0.05, 0) is 12.1 Å². The number of hydrogen-bond donors (Lipinski definition) is 0. The third kappa shape index (κ3) is 3.37. The van der Waals surface area contributed by atoms with E-state index < -0.39 is 0 Å². The lowest BCUT2D eigenvalue weighted by molar-refractivity contribution is 0.342. The first kappa shape index (κ1) is 13.1. The molecule has 102 valence electrons. The van der Waals surface area contributed by atoms with Gasteiger partial charge >= 0.3 is 0 Å². The minimum atomic E-state index is 0.724. The van der Waals surface area contributed by atoms with E-state index in [0.29, 0.717) is 0 Å². The van der Waals surface area contributed by atoms with Crippen molar-refractivity contribution in [2.45, 2.75) is 0 Å². The zero-order valence-electron chi connectivity index (χ0n) is 11.5. The van der Waals surface area contributed by atoms with Gasteiger partial charge in [0.25, 0.3) is 0 Å². The van der Waals surface area contributed by atoms with Gasteiger partial charge in [-0.15, -0.1) is 0 Å². The lowest BCUT2D eigenvalue weighted by Crippen LogP contribution is -2.05. The van der Waals surface area contributed by atoms with Crippen LogP contribution >= 0.6 is 0 Å². The molecule has 0 N–H and O–H groups in total. The van der Waals surface area contributed by atoms with Gasteiger partial charge in [0.1, 0.15) is 5.71 Å². The first-order valence-electron chi connectivity index (χ1n) is 6.84. The third-order valence-electron chi connectivity index (χ3n) is 3.08. The first-order chi connectivity index (χ1) is 10.4. The van der Waals surface area contributed by atoms with Gasteiger partial charge < -0.3 is 4.84 Å². The summed E-state index contributed by atoms with van der Waals surface area (Å²) in [6.45, 7) is 0. The van der Waals surface area contributed by atoms with Crippen LogP contribution in [0, 0.1) is 0 Å². The molecule has 0 heterocycles. The Morgan fingerprint density at radius 3 is 1.48 bits per heavy atom. The maximum Gasteiger partial charge on any atom is 0.157 e. The molecule has 0 saturated carbocycles. The van der Waals surface area contributed by atoms with E-state index in [2.05, 4.69) is 5.16 Å². The Morgan fingerprint density at radius 1 is 0.571 bits per heavy atom. The zero-order valence-corrected chi connectivity index (χ0v) is 11.5. The summed E-state index contributed by atoms with van der Waals surface area (Å²) in [6.07, 6.45) is 0. The molecule has 0 saturated heterocycles. The molecule has 2 nitrogen and oxygen atoms in total. The molecule has 0 fully saturated rings. The fourth-order valence-corrected chi connectivity index (χ4v) is 2.04. The lowest BCUT2D eigenvalue weighted by atomic mass is 10.0. The average molecular weight is 273 g/mol. The highest BCUT2D eigenvalue weighted by molar-refractivity contribution is 6.12. The summed E-state index contributed by atoms with van der Waals surface area (Å²) < 4.78 is 0. The van der Waals surface area contributed by atoms with Gasteiger partial charge in [0.2, 0.25) is 0 Å². The van der Waals surface area contributed by atoms with Crippen molar-refractivity contribution in [1.29, 1.82) is 0 Å². The summed E-state index contributed by atoms with van der Waals surface area (Å²) >= 11 is 0. The molecule has 0 unspecified atom stereocenters. The standard InChI is InChI=1S/C19H15NO/c1-4-10-16(11-5-1)19(17-12-6-2-7-13-17)20-21-18-14-8-3-9-15-18/h1-15H. The van der Waals surface area contributed by atoms with E-state index in [1.165, 1.54) is 0 Å². The molecule has 3 rings (SSSR count). The van der Waals surface area contributed by atoms with Crippen LogP contribution in [0.15, 0.2) is 96.2 Å². The number of rotatable bonds is 4. The van der Waals surface area contributed by atoms with E-state index in [1.807, 2.05) is 91.0 Å². The molecule has 0 aliphatic heterocycles. The van der Waals surface area contributed by atoms with Crippen LogP contribution in [0.3, 0.4) is 0 Å². The normalized spacial score (nSPS) is 9.90. The largest absolute Gasteiger partial charge is 0.356 e. The van der Waals surface area contributed by atoms with Crippen LogP contribution in [0.2, 0.25) is 0 Å². The lowest BCUT2D eigenvalue weighted by Gasteiger charge is -2.07. The van der Waals surface area contributed by atoms with Crippen LogP contribution in [0.4, 0.5) is 0 Å². The van der Waals surface area contributed by atoms with E-state index in [9.17, 15) is 0 Å². The molecule has 0 bridgehead atoms. The van der Waals surface area contributed by atoms with Crippen LogP contribution in [-0.4, -0.2) is 5.71 Å². The molecule has 0 atom stereocenters. The molecule has 0 aliphatic carbocycles. The molecule has 0 spiro atoms. The minimum absolute atomic E-state index is 0.724. The fourth-order valence-electron chi connectivity index (χ4n) is 2.04. The van der Waals surface area contributed by atoms with Gasteiger partial charge in [0.05, 0.1) is 0 Å². The maximum absolute atomic E-state index is 5.56. The Kier molecular flexibility index (Phi) is 4.08. The van der Waals surface area contributed by atoms with Gasteiger partial charge in [0.15, 0.2) is 5.75 Å². The topological polar surface area (TPSA) is 21.6 Å². The number of nitrogens with zero attached hydrogens (tertiary/aromatic N) is 1. The van der Waals surface area contributed by atoms with Crippen molar-refractivity contribution in [2.24, 2.45) is 5.16 Å². The number of hydrogen-bond acceptors (Lipinski definition) is 2. The molecular weight excluding hydrogens is 258 g/mol. The van der Waals surface area contributed by atoms with Crippen LogP contribution in [0.25, 0.3) is 0 Å². The number of benzene rings is 3. The van der Waals surface area contributed by atoms with Crippen molar-refractivity contribution in [1.82, 2.24) is 0 Å². The van der Waals surface area contributed by atoms with Crippen molar-refractivity contribution < 1.29 is 4.84 Å². The third-order valence-corrected chi connectivity index (χ3v) is 3.08. The van der Waals surface area contributed by atoms with Gasteiger partial charge in [-0.1, -0.05) is 84.0 Å². The summed E-state index contributed by atoms with van der Waals surface area (Å²) in [5, 5.41) is 4.35. The van der Waals surface area contributed by atoms with Gasteiger partial charge in [0, 0.05) is 11.1 Å². The van der Waals surface area contributed by atoms with E-state index in [0.717, 1.165) is 22.6 Å². The van der Waals surface area contributed by atoms with Crippen molar-refractivity contribution in [3.05, 3.63) is 102 Å². The SMILES string of the molecule is c1ccc(ON=C(c2ccccc2)c2ccccc2)cc1. The molecule has 3 aromatic rings. The second-order valence-electron chi connectivity index (χ2n) is 4.58. The Morgan fingerprint density at radius 2 is 1.00 bits per heavy atom. The molecule has 0 aromatic heterocycles. The van der Waals surface area contributed by atoms with E-state index in [1.54, 1.807) is 0 Å². The highest BCUT2D eigenvalue weighted by Crippen LogP contribution is 2.14. The van der Waals surface area contributed by atoms with Crippen LogP contribution in [0.5, 0.6) is 5.75 Å². The predicted molar refractivity (Wildman–Crippen MR) is 85.6 cm³/mol. The van der Waals surface area contributed by atoms with Crippen LogP contribution in [-0.2, 0) is 0 Å². The second kappa shape index (κ2) is 6.53. The first-order valence-corrected chi connectivity index (χ1v) is 6.84. The van der Waals surface area contributed by atoms with Crippen molar-refractivity contribution in [3.8, 4) is 5.75 Å². The second-order valence-corrected chi connectivity index (χ2v) is 4.58. The van der Waals surface area contributed by atoms with Gasteiger partial charge in [-0.2, -0.15) is 0 Å². The van der Waals surface area contributed by atoms with Gasteiger partial charge in [-0.25, -0.2) is 0 Å². The summed E-state index contributed by atoms with van der Waals surface area (Å²) in [5.74, 6) is 0.724. The molecular formula is C19H15NO. The predicted octanol–water partition coefficient (Wildman–Crippen LogP) is 4.52. The average Bonchev–Trinajstić information content (AvgIpc) is 2.58. The van der Waals surface area contributed by atoms with Crippen molar-refractivity contribution in [3.63, 3.8) is 0 Å². The molecule has 2 heteroatoms. The zero-order chi connectivity index (χ0) is 14.3. The molecule has 3 aromatic carbocycles. The van der Waals surface area contributed by atoms with E-state index >= 15 is 0 Å². The summed E-state index contributed by atoms with van der Waals surface area (Å²) in [5.41, 5.74) is 2.87.